The maximum atomic E-state index is 12.0. The number of aliphatic carboxylic acids is 1. The molecule has 0 spiro atoms. The number of esters is 1. The number of rotatable bonds is 8. The normalized spacial score (nSPS) is 13.0. The van der Waals surface area contributed by atoms with Gasteiger partial charge in [0, 0.05) is 6.42 Å². The first-order valence-electron chi connectivity index (χ1n) is 6.79. The lowest BCUT2D eigenvalue weighted by atomic mass is 10.1. The molecule has 0 fully saturated rings. The second-order valence-corrected chi connectivity index (χ2v) is 4.42. The Morgan fingerprint density at radius 3 is 2.50 bits per heavy atom. The maximum absolute atomic E-state index is 12.0. The van der Waals surface area contributed by atoms with Crippen molar-refractivity contribution in [2.45, 2.75) is 24.9 Å². The van der Waals surface area contributed by atoms with Gasteiger partial charge in [0.25, 0.3) is 0 Å². The van der Waals surface area contributed by atoms with Crippen molar-refractivity contribution in [3.05, 3.63) is 35.9 Å². The molecule has 0 aliphatic carbocycles. The number of benzene rings is 1. The minimum absolute atomic E-state index is 0. The number of halogens is 1. The zero-order chi connectivity index (χ0) is 16.5. The number of carboxylic acid groups (broad SMARTS) is 1. The molecule has 4 N–H and O–H groups in total. The predicted octanol–water partition coefficient (Wildman–Crippen LogP) is 0.111. The van der Waals surface area contributed by atoms with Crippen LogP contribution in [0.4, 0.5) is 0 Å². The van der Waals surface area contributed by atoms with Crippen LogP contribution in [0.1, 0.15) is 12.0 Å². The minimum Gasteiger partial charge on any atom is -0.481 e. The summed E-state index contributed by atoms with van der Waals surface area (Å²) in [5.41, 5.74) is 2.68. The van der Waals surface area contributed by atoms with Crippen molar-refractivity contribution in [2.24, 2.45) is 5.73 Å². The van der Waals surface area contributed by atoms with Gasteiger partial charge in [0.2, 0.25) is 5.91 Å². The van der Waals surface area contributed by atoms with Crippen LogP contribution < -0.4 is 11.0 Å². The molecule has 7 nitrogen and oxygen atoms in total. The second-order valence-electron chi connectivity index (χ2n) is 4.42. The third-order valence-corrected chi connectivity index (χ3v) is 2.78. The molecule has 1 rings (SSSR count). The third kappa shape index (κ3) is 6.55. The van der Waals surface area contributed by atoms with Gasteiger partial charge in [-0.15, -0.1) is 12.4 Å². The van der Waals surface area contributed by atoms with Crippen molar-refractivity contribution >= 4 is 30.3 Å². The largest absolute Gasteiger partial charge is 0.481 e. The fraction of sp³-hybridized carbons (Fsp3) is 0.357. The summed E-state index contributed by atoms with van der Waals surface area (Å²) in [7, 11) is 1.20. The lowest BCUT2D eigenvalue weighted by molar-refractivity contribution is -0.145. The smallest absolute Gasteiger partial charge is 0.328 e. The Hall–Kier alpha value is -2.12. The van der Waals surface area contributed by atoms with Crippen molar-refractivity contribution in [1.82, 2.24) is 5.32 Å². The average molecular weight is 332 g/mol. The Bertz CT molecular complexity index is 529. The van der Waals surface area contributed by atoms with E-state index < -0.39 is 36.4 Å². The Labute approximate surface area is 135 Å². The molecular weight excluding hydrogens is 312 g/mol. The molecule has 0 heterocycles. The number of hydrogen-bond donors (Lipinski definition) is 3. The summed E-state index contributed by atoms with van der Waals surface area (Å²) in [5.74, 6) is -2.61. The molecule has 0 aromatic heterocycles. The number of amides is 1. The zero-order valence-corrected chi connectivity index (χ0v) is 12.8. The van der Waals surface area contributed by atoms with Crippen molar-refractivity contribution < 1.29 is 25.6 Å². The molecule has 0 saturated heterocycles. The van der Waals surface area contributed by atoms with E-state index >= 15 is 0 Å². The summed E-state index contributed by atoms with van der Waals surface area (Å²) >= 11 is 0. The van der Waals surface area contributed by atoms with Gasteiger partial charge in [0.15, 0.2) is 0 Å². The first-order valence-corrected chi connectivity index (χ1v) is 6.29. The highest BCUT2D eigenvalue weighted by Gasteiger charge is 2.25. The number of nitrogens with two attached hydrogens (primary N) is 1. The van der Waals surface area contributed by atoms with Crippen LogP contribution in [0.5, 0.6) is 0 Å². The van der Waals surface area contributed by atoms with E-state index in [1.54, 1.807) is 24.3 Å². The standard InChI is InChI=1S/C14H18N2O5.ClH/c1-21-14(20)11(7-9-5-3-2-4-6-9)16-13(19)10(15)8-12(17)18;/h2-6,10-11H,7-8,15H2,1H3,(H,16,19)(H,17,18);1H/t10-,11-;/m0./s1/i/hD. The topological polar surface area (TPSA) is 119 Å². The molecule has 0 aliphatic rings. The lowest BCUT2D eigenvalue weighted by Gasteiger charge is -2.18. The molecule has 22 heavy (non-hydrogen) atoms. The molecule has 0 bridgehead atoms. The highest BCUT2D eigenvalue weighted by Crippen LogP contribution is 2.05. The quantitative estimate of drug-likeness (QED) is 0.582. The second kappa shape index (κ2) is 9.75. The fourth-order valence-electron chi connectivity index (χ4n) is 1.72. The SMILES string of the molecule is Cl.[2H]N[C@@H](CC(=O)O)C(=O)N[C@@H](Cc1ccccc1)C(=O)OC. The molecule has 122 valence electrons. The van der Waals surface area contributed by atoms with Gasteiger partial charge in [-0.3, -0.25) is 9.59 Å². The molecule has 1 aromatic rings. The van der Waals surface area contributed by atoms with Gasteiger partial charge in [0.05, 0.1) is 19.6 Å². The summed E-state index contributed by atoms with van der Waals surface area (Å²) in [6.07, 6.45) is -0.356. The van der Waals surface area contributed by atoms with E-state index in [-0.39, 0.29) is 18.8 Å². The molecule has 0 aliphatic heterocycles. The molecule has 1 amide bonds. The van der Waals surface area contributed by atoms with Crippen LogP contribution in [-0.2, 0) is 25.5 Å². The van der Waals surface area contributed by atoms with Gasteiger partial charge in [0.1, 0.15) is 7.45 Å². The van der Waals surface area contributed by atoms with Crippen LogP contribution >= 0.6 is 12.4 Å². The van der Waals surface area contributed by atoms with Crippen molar-refractivity contribution in [1.29, 1.82) is 0 Å². The van der Waals surface area contributed by atoms with Crippen LogP contribution in [0, 0.1) is 0 Å². The maximum Gasteiger partial charge on any atom is 0.328 e. The number of hydrogen-bond acceptors (Lipinski definition) is 5. The zero-order valence-electron chi connectivity index (χ0n) is 12.9. The van der Waals surface area contributed by atoms with E-state index in [2.05, 4.69) is 10.1 Å². The van der Waals surface area contributed by atoms with E-state index in [0.29, 0.717) is 0 Å². The Morgan fingerprint density at radius 1 is 1.36 bits per heavy atom. The number of carbonyl (C=O) groups excluding carboxylic acids is 2. The van der Waals surface area contributed by atoms with Crippen LogP contribution in [0.25, 0.3) is 0 Å². The van der Waals surface area contributed by atoms with E-state index in [4.69, 9.17) is 6.52 Å². The summed E-state index contributed by atoms with van der Waals surface area (Å²) < 4.78 is 11.7. The summed E-state index contributed by atoms with van der Waals surface area (Å²) in [6, 6.07) is 6.79. The fourth-order valence-corrected chi connectivity index (χ4v) is 1.72. The average Bonchev–Trinajstić information content (AvgIpc) is 2.51. The summed E-state index contributed by atoms with van der Waals surface area (Å²) in [6.45, 7) is 0. The molecule has 1 aromatic carbocycles. The first kappa shape index (κ1) is 17.9. The molecule has 0 saturated carbocycles. The van der Waals surface area contributed by atoms with E-state index in [9.17, 15) is 14.4 Å². The number of nitrogens with one attached hydrogen (secondary N) is 1. The van der Waals surface area contributed by atoms with Gasteiger partial charge in [-0.2, -0.15) is 0 Å². The number of methoxy groups -OCH3 is 1. The molecular formula is C14H19ClN2O5. The molecule has 2 atom stereocenters. The van der Waals surface area contributed by atoms with Crippen LogP contribution in [0.2, 0.25) is 1.41 Å². The number of carbonyl (C=O) groups is 3. The van der Waals surface area contributed by atoms with Crippen LogP contribution in [-0.4, -0.2) is 42.1 Å². The monoisotopic (exact) mass is 331 g/mol. The highest BCUT2D eigenvalue weighted by atomic mass is 35.5. The van der Waals surface area contributed by atoms with Gasteiger partial charge < -0.3 is 20.9 Å². The Balaban J connectivity index is 0.00000484. The third-order valence-electron chi connectivity index (χ3n) is 2.78. The van der Waals surface area contributed by atoms with Crippen molar-refractivity contribution in [3.8, 4) is 0 Å². The highest BCUT2D eigenvalue weighted by molar-refractivity contribution is 5.89. The van der Waals surface area contributed by atoms with Gasteiger partial charge >= 0.3 is 11.9 Å². The number of carboxylic acids is 1. The van der Waals surface area contributed by atoms with Crippen molar-refractivity contribution in [3.63, 3.8) is 0 Å². The minimum atomic E-state index is -1.25. The van der Waals surface area contributed by atoms with E-state index in [1.807, 2.05) is 11.8 Å². The Morgan fingerprint density at radius 2 is 2.00 bits per heavy atom. The molecule has 0 unspecified atom stereocenters. The van der Waals surface area contributed by atoms with E-state index in [1.165, 1.54) is 7.11 Å². The first-order chi connectivity index (χ1) is 10.5. The summed E-state index contributed by atoms with van der Waals surface area (Å²) in [5, 5.41) is 11.1. The van der Waals surface area contributed by atoms with Crippen LogP contribution in [0.15, 0.2) is 30.3 Å². The van der Waals surface area contributed by atoms with Gasteiger partial charge in [-0.25, -0.2) is 4.79 Å². The van der Waals surface area contributed by atoms with Crippen molar-refractivity contribution in [2.75, 3.05) is 7.11 Å². The van der Waals surface area contributed by atoms with Gasteiger partial charge in [-0.1, -0.05) is 30.3 Å². The van der Waals surface area contributed by atoms with Gasteiger partial charge in [-0.05, 0) is 5.56 Å². The lowest BCUT2D eigenvalue weighted by Crippen LogP contribution is -2.50. The molecule has 8 heteroatoms. The number of ether oxygens (including phenoxy) is 1. The Kier molecular flexibility index (Phi) is 7.95. The predicted molar refractivity (Wildman–Crippen MR) is 81.6 cm³/mol. The molecule has 0 radical (unpaired) electrons. The van der Waals surface area contributed by atoms with E-state index in [0.717, 1.165) is 5.56 Å². The summed E-state index contributed by atoms with van der Waals surface area (Å²) in [4.78, 5) is 34.4. The van der Waals surface area contributed by atoms with Crippen LogP contribution in [0.3, 0.4) is 0 Å².